The SMILES string of the molecule is CCNc1ccc(S(=O)(=O)c2cc(Cl)cc3c2NC(=O)C3(NC(=O)OC)c2ccccc2Cl)c(OC)c1. The van der Waals surface area contributed by atoms with Crippen LogP contribution in [0.15, 0.2) is 64.4 Å². The molecule has 1 atom stereocenters. The number of sulfone groups is 1. The van der Waals surface area contributed by atoms with Gasteiger partial charge in [0.15, 0.2) is 5.54 Å². The summed E-state index contributed by atoms with van der Waals surface area (Å²) in [5.74, 6) is -0.643. The molecule has 0 spiro atoms. The Kier molecular flexibility index (Phi) is 7.27. The minimum absolute atomic E-state index is 0.0140. The number of halogens is 2. The fourth-order valence-electron chi connectivity index (χ4n) is 4.30. The maximum atomic E-state index is 13.9. The van der Waals surface area contributed by atoms with Crippen molar-refractivity contribution in [1.29, 1.82) is 0 Å². The first kappa shape index (κ1) is 26.6. The molecular weight excluding hydrogens is 541 g/mol. The third-order valence-corrected chi connectivity index (χ3v) is 8.29. The van der Waals surface area contributed by atoms with Crippen LogP contribution in [0, 0.1) is 0 Å². The zero-order valence-electron chi connectivity index (χ0n) is 20.0. The average molecular weight is 564 g/mol. The minimum atomic E-state index is -4.29. The molecule has 12 heteroatoms. The van der Waals surface area contributed by atoms with Crippen LogP contribution in [-0.4, -0.2) is 41.2 Å². The Balaban J connectivity index is 2.00. The fourth-order valence-corrected chi connectivity index (χ4v) is 6.46. The van der Waals surface area contributed by atoms with Crippen molar-refractivity contribution in [2.24, 2.45) is 0 Å². The van der Waals surface area contributed by atoms with E-state index in [2.05, 4.69) is 16.0 Å². The number of anilines is 2. The van der Waals surface area contributed by atoms with E-state index in [1.54, 1.807) is 36.4 Å². The quantitative estimate of drug-likeness (QED) is 0.376. The number of rotatable bonds is 7. The summed E-state index contributed by atoms with van der Waals surface area (Å²) in [6.45, 7) is 2.53. The maximum absolute atomic E-state index is 13.9. The predicted molar refractivity (Wildman–Crippen MR) is 140 cm³/mol. The number of hydrogen-bond acceptors (Lipinski definition) is 7. The Morgan fingerprint density at radius 3 is 2.41 bits per heavy atom. The van der Waals surface area contributed by atoms with Crippen molar-refractivity contribution in [3.05, 3.63) is 75.8 Å². The van der Waals surface area contributed by atoms with Crippen LogP contribution < -0.4 is 20.7 Å². The average Bonchev–Trinajstić information content (AvgIpc) is 3.14. The van der Waals surface area contributed by atoms with Gasteiger partial charge in [-0.3, -0.25) is 10.1 Å². The summed E-state index contributed by atoms with van der Waals surface area (Å²) < 4.78 is 38.0. The van der Waals surface area contributed by atoms with Crippen molar-refractivity contribution in [2.75, 3.05) is 31.4 Å². The van der Waals surface area contributed by atoms with E-state index in [0.29, 0.717) is 12.2 Å². The summed E-state index contributed by atoms with van der Waals surface area (Å²) in [6.07, 6.45) is -0.937. The molecule has 0 saturated heterocycles. The summed E-state index contributed by atoms with van der Waals surface area (Å²) in [4.78, 5) is 25.6. The molecule has 0 bridgehead atoms. The van der Waals surface area contributed by atoms with Gasteiger partial charge in [0.1, 0.15) is 10.6 Å². The van der Waals surface area contributed by atoms with Gasteiger partial charge in [-0.1, -0.05) is 41.4 Å². The normalized spacial score (nSPS) is 16.5. The van der Waals surface area contributed by atoms with Crippen LogP contribution in [0.1, 0.15) is 18.1 Å². The van der Waals surface area contributed by atoms with Crippen molar-refractivity contribution < 1.29 is 27.5 Å². The molecule has 0 radical (unpaired) electrons. The number of benzene rings is 3. The third kappa shape index (κ3) is 4.45. The highest BCUT2D eigenvalue weighted by Crippen LogP contribution is 2.48. The fraction of sp³-hybridized carbons (Fsp3) is 0.200. The van der Waals surface area contributed by atoms with Gasteiger partial charge in [-0.2, -0.15) is 0 Å². The Hall–Kier alpha value is -3.47. The molecule has 1 unspecified atom stereocenters. The van der Waals surface area contributed by atoms with Gasteiger partial charge < -0.3 is 20.1 Å². The lowest BCUT2D eigenvalue weighted by Gasteiger charge is -2.29. The lowest BCUT2D eigenvalue weighted by atomic mass is 9.84. The molecule has 3 N–H and O–H groups in total. The van der Waals surface area contributed by atoms with Crippen molar-refractivity contribution >= 4 is 56.4 Å². The van der Waals surface area contributed by atoms with Gasteiger partial charge in [-0.15, -0.1) is 0 Å². The molecule has 9 nitrogen and oxygen atoms in total. The first-order valence-electron chi connectivity index (χ1n) is 11.0. The Labute approximate surface area is 224 Å². The second-order valence-corrected chi connectivity index (χ2v) is 10.8. The highest BCUT2D eigenvalue weighted by molar-refractivity contribution is 7.91. The van der Waals surface area contributed by atoms with Crippen LogP contribution in [0.4, 0.5) is 16.2 Å². The molecule has 194 valence electrons. The van der Waals surface area contributed by atoms with Gasteiger partial charge in [0.05, 0.1) is 24.8 Å². The van der Waals surface area contributed by atoms with Crippen molar-refractivity contribution in [3.8, 4) is 5.75 Å². The van der Waals surface area contributed by atoms with E-state index in [-0.39, 0.29) is 42.4 Å². The van der Waals surface area contributed by atoms with E-state index in [1.807, 2.05) is 6.92 Å². The molecule has 0 saturated carbocycles. The van der Waals surface area contributed by atoms with Crippen LogP contribution in [-0.2, 0) is 24.9 Å². The van der Waals surface area contributed by atoms with E-state index in [1.165, 1.54) is 25.3 Å². The smallest absolute Gasteiger partial charge is 0.408 e. The number of methoxy groups -OCH3 is 2. The molecule has 3 aromatic carbocycles. The zero-order chi connectivity index (χ0) is 27.0. The van der Waals surface area contributed by atoms with Gasteiger partial charge in [0.25, 0.3) is 5.91 Å². The van der Waals surface area contributed by atoms with E-state index in [9.17, 15) is 18.0 Å². The second-order valence-electron chi connectivity index (χ2n) is 8.03. The van der Waals surface area contributed by atoms with Gasteiger partial charge >= 0.3 is 6.09 Å². The summed E-state index contributed by atoms with van der Waals surface area (Å²) in [5, 5.41) is 8.45. The lowest BCUT2D eigenvalue weighted by molar-refractivity contribution is -0.120. The molecular formula is C25H23Cl2N3O6S. The number of alkyl carbamates (subject to hydrolysis) is 1. The first-order chi connectivity index (χ1) is 17.6. The highest BCUT2D eigenvalue weighted by atomic mass is 35.5. The summed E-state index contributed by atoms with van der Waals surface area (Å²) in [6, 6.07) is 13.6. The van der Waals surface area contributed by atoms with Crippen LogP contribution in [0.3, 0.4) is 0 Å². The van der Waals surface area contributed by atoms with Crippen molar-refractivity contribution in [3.63, 3.8) is 0 Å². The Bertz CT molecular complexity index is 1510. The monoisotopic (exact) mass is 563 g/mol. The molecule has 4 rings (SSSR count). The van der Waals surface area contributed by atoms with Crippen molar-refractivity contribution in [1.82, 2.24) is 5.32 Å². The van der Waals surface area contributed by atoms with Crippen LogP contribution in [0.2, 0.25) is 10.0 Å². The zero-order valence-corrected chi connectivity index (χ0v) is 22.3. The topological polar surface area (TPSA) is 123 Å². The lowest BCUT2D eigenvalue weighted by Crippen LogP contribution is -2.51. The highest BCUT2D eigenvalue weighted by Gasteiger charge is 2.53. The molecule has 2 amide bonds. The van der Waals surface area contributed by atoms with Gasteiger partial charge in [0, 0.05) is 39.5 Å². The third-order valence-electron chi connectivity index (χ3n) is 5.93. The molecule has 0 aliphatic carbocycles. The number of hydrogen-bond donors (Lipinski definition) is 3. The molecule has 37 heavy (non-hydrogen) atoms. The summed E-state index contributed by atoms with van der Waals surface area (Å²) in [7, 11) is -1.79. The standard InChI is InChI=1S/C25H23Cl2N3O6S/c1-4-28-15-9-10-20(19(13-15)35-2)37(33,34)21-12-14(26)11-17-22(21)29-23(31)25(17,30-24(32)36-3)16-7-5-6-8-18(16)27/h5-13,28H,4H2,1-3H3,(H,29,31)(H,30,32). The number of carbonyl (C=O) groups is 2. The summed E-state index contributed by atoms with van der Waals surface area (Å²) in [5.41, 5.74) is -1.01. The molecule has 1 heterocycles. The first-order valence-corrected chi connectivity index (χ1v) is 13.3. The maximum Gasteiger partial charge on any atom is 0.408 e. The molecule has 0 aromatic heterocycles. The van der Waals surface area contributed by atoms with Gasteiger partial charge in [-0.05, 0) is 37.3 Å². The van der Waals surface area contributed by atoms with E-state index >= 15 is 0 Å². The number of fused-ring (bicyclic) bond motifs is 1. The van der Waals surface area contributed by atoms with Gasteiger partial charge in [0.2, 0.25) is 9.84 Å². The molecule has 1 aliphatic heterocycles. The number of ether oxygens (including phenoxy) is 2. The minimum Gasteiger partial charge on any atom is -0.495 e. The van der Waals surface area contributed by atoms with Gasteiger partial charge in [-0.25, -0.2) is 13.2 Å². The van der Waals surface area contributed by atoms with Crippen LogP contribution in [0.5, 0.6) is 5.75 Å². The predicted octanol–water partition coefficient (Wildman–Crippen LogP) is 4.82. The van der Waals surface area contributed by atoms with Crippen LogP contribution in [0.25, 0.3) is 0 Å². The number of carbonyl (C=O) groups excluding carboxylic acids is 2. The molecule has 3 aromatic rings. The number of nitrogens with one attached hydrogen (secondary N) is 3. The van der Waals surface area contributed by atoms with Crippen LogP contribution >= 0.6 is 23.2 Å². The van der Waals surface area contributed by atoms with E-state index in [4.69, 9.17) is 32.7 Å². The molecule has 0 fully saturated rings. The largest absolute Gasteiger partial charge is 0.495 e. The van der Waals surface area contributed by atoms with Crippen molar-refractivity contribution in [2.45, 2.75) is 22.3 Å². The second kappa shape index (κ2) is 10.1. The van der Waals surface area contributed by atoms with E-state index < -0.39 is 27.4 Å². The summed E-state index contributed by atoms with van der Waals surface area (Å²) >= 11 is 12.9. The Morgan fingerprint density at radius 1 is 1.03 bits per heavy atom. The number of amides is 2. The Morgan fingerprint density at radius 2 is 1.76 bits per heavy atom. The van der Waals surface area contributed by atoms with E-state index in [0.717, 1.165) is 7.11 Å². The molecule has 1 aliphatic rings.